The molecule has 0 bridgehead atoms. The van der Waals surface area contributed by atoms with Crippen molar-refractivity contribution in [3.05, 3.63) is 69.6 Å². The molecule has 1 saturated heterocycles. The van der Waals surface area contributed by atoms with Crippen LogP contribution in [0.25, 0.3) is 11.3 Å². The van der Waals surface area contributed by atoms with Gasteiger partial charge in [-0.05, 0) is 36.8 Å². The van der Waals surface area contributed by atoms with Gasteiger partial charge in [0, 0.05) is 18.2 Å². The maximum absolute atomic E-state index is 14.3. The fourth-order valence-electron chi connectivity index (χ4n) is 4.19. The molecule has 2 N–H and O–H groups in total. The standard InChI is InChI=1S/C23H23ClFN5O3/c1-14-10-15(25)6-7-16(14)21-17-11-26-13-30(31,19-5-3-2-4-18(19)24)22(17)29-23(28-21)27-12-20-32-8-9-33-20/h2-7,10,20,26H,8-9,11-13H2,1H3,(H,27,28,29). The van der Waals surface area contributed by atoms with Gasteiger partial charge < -0.3 is 20.0 Å². The second-order valence-corrected chi connectivity index (χ2v) is 8.39. The van der Waals surface area contributed by atoms with Crippen molar-refractivity contribution < 1.29 is 13.9 Å². The first-order chi connectivity index (χ1) is 16.0. The number of halogens is 2. The van der Waals surface area contributed by atoms with Crippen LogP contribution in [0, 0.1) is 17.9 Å². The summed E-state index contributed by atoms with van der Waals surface area (Å²) in [5.41, 5.74) is 3.01. The highest BCUT2D eigenvalue weighted by molar-refractivity contribution is 6.33. The molecule has 0 radical (unpaired) electrons. The van der Waals surface area contributed by atoms with Crippen molar-refractivity contribution in [3.63, 3.8) is 0 Å². The van der Waals surface area contributed by atoms with E-state index in [0.717, 1.165) is 5.56 Å². The van der Waals surface area contributed by atoms with E-state index in [4.69, 9.17) is 26.1 Å². The van der Waals surface area contributed by atoms with E-state index < -0.39 is 10.9 Å². The predicted octanol–water partition coefficient (Wildman–Crippen LogP) is 4.23. The highest BCUT2D eigenvalue weighted by atomic mass is 35.5. The highest BCUT2D eigenvalue weighted by Crippen LogP contribution is 2.43. The molecule has 0 spiro atoms. The Hall–Kier alpha value is -2.66. The molecule has 10 heteroatoms. The van der Waals surface area contributed by atoms with Gasteiger partial charge in [-0.15, -0.1) is 0 Å². The lowest BCUT2D eigenvalue weighted by atomic mass is 10.00. The maximum atomic E-state index is 14.3. The van der Waals surface area contributed by atoms with Gasteiger partial charge in [-0.2, -0.15) is 4.98 Å². The third kappa shape index (κ3) is 4.19. The average molecular weight is 472 g/mol. The number of nitrogens with one attached hydrogen (secondary N) is 2. The third-order valence-electron chi connectivity index (χ3n) is 5.77. The van der Waals surface area contributed by atoms with Crippen molar-refractivity contribution in [1.29, 1.82) is 0 Å². The Morgan fingerprint density at radius 1 is 1.21 bits per heavy atom. The number of anilines is 1. The molecule has 1 atom stereocenters. The van der Waals surface area contributed by atoms with E-state index in [1.165, 1.54) is 12.1 Å². The van der Waals surface area contributed by atoms with Crippen LogP contribution < -0.4 is 15.3 Å². The van der Waals surface area contributed by atoms with E-state index in [1.807, 2.05) is 6.92 Å². The minimum Gasteiger partial charge on any atom is -0.620 e. The smallest absolute Gasteiger partial charge is 0.243 e. The molecule has 2 aliphatic heterocycles. The van der Waals surface area contributed by atoms with E-state index in [0.29, 0.717) is 53.8 Å². The zero-order valence-corrected chi connectivity index (χ0v) is 18.7. The minimum absolute atomic E-state index is 0.0594. The van der Waals surface area contributed by atoms with Gasteiger partial charge in [-0.3, -0.25) is 9.96 Å². The van der Waals surface area contributed by atoms with E-state index in [2.05, 4.69) is 15.6 Å². The van der Waals surface area contributed by atoms with E-state index in [-0.39, 0.29) is 24.3 Å². The molecule has 172 valence electrons. The van der Waals surface area contributed by atoms with Gasteiger partial charge in [0.05, 0.1) is 31.0 Å². The number of hydroxylamine groups is 1. The lowest BCUT2D eigenvalue weighted by molar-refractivity contribution is -0.0300. The van der Waals surface area contributed by atoms with Gasteiger partial charge in [-0.25, -0.2) is 9.37 Å². The van der Waals surface area contributed by atoms with Crippen LogP contribution in [0.1, 0.15) is 11.1 Å². The van der Waals surface area contributed by atoms with Crippen molar-refractivity contribution in [3.8, 4) is 11.3 Å². The van der Waals surface area contributed by atoms with Crippen LogP contribution in [0.15, 0.2) is 42.5 Å². The summed E-state index contributed by atoms with van der Waals surface area (Å²) in [4.78, 5) is 9.34. The van der Waals surface area contributed by atoms with Crippen LogP contribution in [-0.4, -0.2) is 42.7 Å². The number of benzene rings is 2. The summed E-state index contributed by atoms with van der Waals surface area (Å²) in [7, 11) is 0. The number of para-hydroxylation sites is 1. The Bertz CT molecular complexity index is 1190. The molecule has 3 heterocycles. The van der Waals surface area contributed by atoms with Crippen LogP contribution in [0.3, 0.4) is 0 Å². The highest BCUT2D eigenvalue weighted by Gasteiger charge is 2.37. The largest absolute Gasteiger partial charge is 0.620 e. The minimum atomic E-state index is -0.893. The molecule has 1 aromatic heterocycles. The topological polar surface area (TPSA) is 91.4 Å². The van der Waals surface area contributed by atoms with Crippen molar-refractivity contribution in [2.45, 2.75) is 19.8 Å². The molecule has 0 amide bonds. The summed E-state index contributed by atoms with van der Waals surface area (Å²) in [6.45, 7) is 3.63. The van der Waals surface area contributed by atoms with Crippen molar-refractivity contribution in [1.82, 2.24) is 19.9 Å². The molecular weight excluding hydrogens is 449 g/mol. The number of hydrogen-bond acceptors (Lipinski definition) is 7. The van der Waals surface area contributed by atoms with Crippen LogP contribution in [0.5, 0.6) is 0 Å². The second kappa shape index (κ2) is 8.94. The van der Waals surface area contributed by atoms with Crippen molar-refractivity contribution >= 4 is 29.1 Å². The molecule has 2 aromatic carbocycles. The van der Waals surface area contributed by atoms with Crippen molar-refractivity contribution in [2.24, 2.45) is 0 Å². The predicted molar refractivity (Wildman–Crippen MR) is 124 cm³/mol. The van der Waals surface area contributed by atoms with Gasteiger partial charge in [0.15, 0.2) is 12.0 Å². The first kappa shape index (κ1) is 22.1. The Morgan fingerprint density at radius 2 is 2.00 bits per heavy atom. The molecule has 3 aromatic rings. The summed E-state index contributed by atoms with van der Waals surface area (Å²) in [5.74, 6) is 0.210. The zero-order chi connectivity index (χ0) is 23.0. The maximum Gasteiger partial charge on any atom is 0.243 e. The molecule has 0 aliphatic carbocycles. The fraction of sp³-hybridized carbons (Fsp3) is 0.304. The first-order valence-electron chi connectivity index (χ1n) is 10.7. The molecule has 2 aliphatic rings. The number of rotatable bonds is 5. The molecular formula is C23H23ClFN5O3. The zero-order valence-electron chi connectivity index (χ0n) is 18.0. The Balaban J connectivity index is 1.66. The fourth-order valence-corrected chi connectivity index (χ4v) is 4.46. The molecule has 8 nitrogen and oxygen atoms in total. The molecule has 33 heavy (non-hydrogen) atoms. The summed E-state index contributed by atoms with van der Waals surface area (Å²) < 4.78 is 23.9. The molecule has 0 saturated carbocycles. The van der Waals surface area contributed by atoms with Gasteiger partial charge in [0.2, 0.25) is 11.8 Å². The summed E-state index contributed by atoms with van der Waals surface area (Å²) in [6.07, 6.45) is -0.419. The number of fused-ring (bicyclic) bond motifs is 1. The lowest BCUT2D eigenvalue weighted by Gasteiger charge is -2.44. The van der Waals surface area contributed by atoms with Crippen LogP contribution >= 0.6 is 11.6 Å². The number of ether oxygens (including phenoxy) is 2. The number of aryl methyl sites for hydroxylation is 1. The molecule has 1 unspecified atom stereocenters. The van der Waals surface area contributed by atoms with E-state index in [9.17, 15) is 9.60 Å². The van der Waals surface area contributed by atoms with Gasteiger partial charge in [0.25, 0.3) is 0 Å². The summed E-state index contributed by atoms with van der Waals surface area (Å²) >= 11 is 6.42. The van der Waals surface area contributed by atoms with Crippen LogP contribution in [0.4, 0.5) is 21.8 Å². The monoisotopic (exact) mass is 471 g/mol. The van der Waals surface area contributed by atoms with E-state index >= 15 is 0 Å². The summed E-state index contributed by atoms with van der Waals surface area (Å²) in [5, 5.41) is 20.9. The van der Waals surface area contributed by atoms with Crippen molar-refractivity contribution in [2.75, 3.05) is 31.7 Å². The Kier molecular flexibility index (Phi) is 6.00. The quantitative estimate of drug-likeness (QED) is 0.425. The number of aromatic nitrogens is 2. The average Bonchev–Trinajstić information content (AvgIpc) is 3.32. The molecule has 1 fully saturated rings. The first-order valence-corrected chi connectivity index (χ1v) is 11.0. The lowest BCUT2D eigenvalue weighted by Crippen LogP contribution is -2.50. The van der Waals surface area contributed by atoms with Crippen LogP contribution in [-0.2, 0) is 16.0 Å². The Morgan fingerprint density at radius 3 is 2.76 bits per heavy atom. The van der Waals surface area contributed by atoms with Gasteiger partial charge in [0.1, 0.15) is 17.5 Å². The van der Waals surface area contributed by atoms with E-state index in [1.54, 1.807) is 30.3 Å². The normalized spacial score (nSPS) is 20.6. The SMILES string of the molecule is Cc1cc(F)ccc1-c1nc(NCC2OCCO2)nc2c1CNC[N+]2([O-])c1ccccc1Cl. The van der Waals surface area contributed by atoms with Gasteiger partial charge in [-0.1, -0.05) is 23.7 Å². The number of quaternary nitrogens is 1. The number of nitrogens with zero attached hydrogens (tertiary/aromatic N) is 3. The Labute approximate surface area is 195 Å². The van der Waals surface area contributed by atoms with Crippen LogP contribution in [0.2, 0.25) is 5.02 Å². The molecule has 5 rings (SSSR count). The second-order valence-electron chi connectivity index (χ2n) is 7.99. The number of hydrogen-bond donors (Lipinski definition) is 2. The van der Waals surface area contributed by atoms with Gasteiger partial charge >= 0.3 is 0 Å². The summed E-state index contributed by atoms with van der Waals surface area (Å²) in [6, 6.07) is 11.4. The third-order valence-corrected chi connectivity index (χ3v) is 6.09.